The molecule has 1 N–H and O–H groups in total. The number of nitrogens with one attached hydrogen (secondary N) is 1. The summed E-state index contributed by atoms with van der Waals surface area (Å²) in [6.07, 6.45) is 5.16. The van der Waals surface area contributed by atoms with Crippen molar-refractivity contribution in [2.45, 2.75) is 52.1 Å². The van der Waals surface area contributed by atoms with Gasteiger partial charge in [0.1, 0.15) is 5.75 Å². The fourth-order valence-electron chi connectivity index (χ4n) is 2.83. The molecule has 1 fully saturated rings. The lowest BCUT2D eigenvalue weighted by Crippen LogP contribution is -2.35. The molecule has 112 valence electrons. The van der Waals surface area contributed by atoms with Crippen LogP contribution in [-0.2, 0) is 6.54 Å². The molecule has 0 aliphatic heterocycles. The van der Waals surface area contributed by atoms with Gasteiger partial charge in [-0.05, 0) is 59.2 Å². The third kappa shape index (κ3) is 4.22. The smallest absolute Gasteiger partial charge is 0.137 e. The van der Waals surface area contributed by atoms with Crippen molar-refractivity contribution in [2.24, 2.45) is 5.41 Å². The van der Waals surface area contributed by atoms with Crippen molar-refractivity contribution in [1.29, 1.82) is 0 Å². The van der Waals surface area contributed by atoms with Gasteiger partial charge < -0.3 is 10.1 Å². The largest absolute Gasteiger partial charge is 0.495 e. The van der Waals surface area contributed by atoms with E-state index in [2.05, 4.69) is 57.1 Å². The molecule has 1 aliphatic rings. The van der Waals surface area contributed by atoms with Crippen LogP contribution in [0.15, 0.2) is 21.1 Å². The van der Waals surface area contributed by atoms with Crippen LogP contribution in [0.2, 0.25) is 0 Å². The Hall–Kier alpha value is -0.0600. The minimum absolute atomic E-state index is 0.522. The van der Waals surface area contributed by atoms with Gasteiger partial charge in [0, 0.05) is 22.6 Å². The molecule has 20 heavy (non-hydrogen) atoms. The van der Waals surface area contributed by atoms with Crippen molar-refractivity contribution in [3.63, 3.8) is 0 Å². The van der Waals surface area contributed by atoms with Gasteiger partial charge in [-0.25, -0.2) is 0 Å². The molecule has 0 heterocycles. The lowest BCUT2D eigenvalue weighted by atomic mass is 9.75. The average Bonchev–Trinajstić information content (AvgIpc) is 2.37. The zero-order valence-electron chi connectivity index (χ0n) is 12.4. The summed E-state index contributed by atoms with van der Waals surface area (Å²) in [5.74, 6) is 0.928. The van der Waals surface area contributed by atoms with Gasteiger partial charge in [-0.3, -0.25) is 0 Å². The van der Waals surface area contributed by atoms with Crippen LogP contribution in [0.3, 0.4) is 0 Å². The quantitative estimate of drug-likeness (QED) is 0.736. The van der Waals surface area contributed by atoms with E-state index >= 15 is 0 Å². The fourth-order valence-corrected chi connectivity index (χ4v) is 4.31. The maximum absolute atomic E-state index is 5.50. The maximum Gasteiger partial charge on any atom is 0.137 e. The first-order chi connectivity index (χ1) is 9.41. The molecule has 0 amide bonds. The van der Waals surface area contributed by atoms with Crippen molar-refractivity contribution in [3.05, 3.63) is 26.6 Å². The summed E-state index contributed by atoms with van der Waals surface area (Å²) in [5, 5.41) is 3.68. The molecule has 0 saturated heterocycles. The summed E-state index contributed by atoms with van der Waals surface area (Å²) in [4.78, 5) is 0. The third-order valence-corrected chi connectivity index (χ3v) is 5.26. The molecular weight excluding hydrogens is 382 g/mol. The summed E-state index contributed by atoms with van der Waals surface area (Å²) in [6.45, 7) is 5.60. The fraction of sp³-hybridized carbons (Fsp3) is 0.625. The van der Waals surface area contributed by atoms with E-state index in [-0.39, 0.29) is 0 Å². The zero-order valence-corrected chi connectivity index (χ0v) is 15.6. The summed E-state index contributed by atoms with van der Waals surface area (Å²) in [5.41, 5.74) is 1.72. The Morgan fingerprint density at radius 1 is 1.25 bits per heavy atom. The van der Waals surface area contributed by atoms with Crippen LogP contribution in [0.5, 0.6) is 5.75 Å². The van der Waals surface area contributed by atoms with E-state index in [1.807, 2.05) is 6.07 Å². The summed E-state index contributed by atoms with van der Waals surface area (Å²) >= 11 is 7.10. The van der Waals surface area contributed by atoms with Gasteiger partial charge in [-0.2, -0.15) is 0 Å². The van der Waals surface area contributed by atoms with Gasteiger partial charge in [0.2, 0.25) is 0 Å². The number of hydrogen-bond donors (Lipinski definition) is 1. The second-order valence-corrected chi connectivity index (χ2v) is 8.17. The molecule has 2 nitrogen and oxygen atoms in total. The van der Waals surface area contributed by atoms with Crippen LogP contribution in [0.4, 0.5) is 0 Å². The molecule has 0 atom stereocenters. The first-order valence-electron chi connectivity index (χ1n) is 7.16. The van der Waals surface area contributed by atoms with Crippen LogP contribution in [0, 0.1) is 5.41 Å². The van der Waals surface area contributed by atoms with E-state index < -0.39 is 0 Å². The highest BCUT2D eigenvalue weighted by Gasteiger charge is 2.26. The van der Waals surface area contributed by atoms with E-state index in [1.165, 1.54) is 31.2 Å². The molecule has 1 aliphatic carbocycles. The number of methoxy groups -OCH3 is 1. The standard InChI is InChI=1S/C16H23Br2NO/c1-16(2)6-4-13(5-7-16)19-10-11-8-12(17)9-14(18)15(11)20-3/h8-9,13,19H,4-7,10H2,1-3H3. The lowest BCUT2D eigenvalue weighted by molar-refractivity contribution is 0.205. The molecule has 0 bridgehead atoms. The van der Waals surface area contributed by atoms with Crippen LogP contribution in [-0.4, -0.2) is 13.2 Å². The van der Waals surface area contributed by atoms with E-state index in [9.17, 15) is 0 Å². The average molecular weight is 405 g/mol. The Labute approximate surface area is 138 Å². The predicted octanol–water partition coefficient (Wildman–Crippen LogP) is 5.28. The molecule has 0 radical (unpaired) electrons. The number of rotatable bonds is 4. The Bertz CT molecular complexity index is 464. The molecular formula is C16H23Br2NO. The molecule has 1 saturated carbocycles. The molecule has 4 heteroatoms. The number of halogens is 2. The van der Waals surface area contributed by atoms with Crippen LogP contribution < -0.4 is 10.1 Å². The van der Waals surface area contributed by atoms with Crippen LogP contribution >= 0.6 is 31.9 Å². The monoisotopic (exact) mass is 403 g/mol. The molecule has 2 rings (SSSR count). The first-order valence-corrected chi connectivity index (χ1v) is 8.75. The zero-order chi connectivity index (χ0) is 14.8. The van der Waals surface area contributed by atoms with E-state index in [0.717, 1.165) is 21.2 Å². The Morgan fingerprint density at radius 2 is 1.90 bits per heavy atom. The molecule has 1 aromatic carbocycles. The van der Waals surface area contributed by atoms with Crippen molar-refractivity contribution >= 4 is 31.9 Å². The maximum atomic E-state index is 5.50. The minimum Gasteiger partial charge on any atom is -0.495 e. The second-order valence-electron chi connectivity index (χ2n) is 6.40. The number of ether oxygens (including phenoxy) is 1. The Balaban J connectivity index is 1.98. The SMILES string of the molecule is COc1c(Br)cc(Br)cc1CNC1CCC(C)(C)CC1. The normalized spacial score (nSPS) is 19.1. The molecule has 1 aromatic rings. The van der Waals surface area contributed by atoms with Crippen LogP contribution in [0.1, 0.15) is 45.1 Å². The van der Waals surface area contributed by atoms with Crippen molar-refractivity contribution in [1.82, 2.24) is 5.32 Å². The highest BCUT2D eigenvalue weighted by Crippen LogP contribution is 2.36. The highest BCUT2D eigenvalue weighted by molar-refractivity contribution is 9.11. The van der Waals surface area contributed by atoms with Crippen molar-refractivity contribution in [2.75, 3.05) is 7.11 Å². The van der Waals surface area contributed by atoms with Crippen molar-refractivity contribution in [3.8, 4) is 5.75 Å². The Morgan fingerprint density at radius 3 is 2.50 bits per heavy atom. The minimum atomic E-state index is 0.522. The van der Waals surface area contributed by atoms with E-state index in [4.69, 9.17) is 4.74 Å². The lowest BCUT2D eigenvalue weighted by Gasteiger charge is -2.34. The number of benzene rings is 1. The Kier molecular flexibility index (Phi) is 5.55. The number of hydrogen-bond acceptors (Lipinski definition) is 2. The van der Waals surface area contributed by atoms with Gasteiger partial charge in [0.15, 0.2) is 0 Å². The first kappa shape index (κ1) is 16.3. The molecule has 0 spiro atoms. The third-order valence-electron chi connectivity index (χ3n) is 4.21. The summed E-state index contributed by atoms with van der Waals surface area (Å²) in [7, 11) is 1.72. The van der Waals surface area contributed by atoms with Gasteiger partial charge in [-0.1, -0.05) is 29.8 Å². The van der Waals surface area contributed by atoms with Gasteiger partial charge in [-0.15, -0.1) is 0 Å². The van der Waals surface area contributed by atoms with Gasteiger partial charge in [0.25, 0.3) is 0 Å². The highest BCUT2D eigenvalue weighted by atomic mass is 79.9. The van der Waals surface area contributed by atoms with Crippen LogP contribution in [0.25, 0.3) is 0 Å². The van der Waals surface area contributed by atoms with Crippen molar-refractivity contribution < 1.29 is 4.74 Å². The van der Waals surface area contributed by atoms with Gasteiger partial charge in [0.05, 0.1) is 11.6 Å². The predicted molar refractivity (Wildman–Crippen MR) is 91.3 cm³/mol. The topological polar surface area (TPSA) is 21.3 Å². The molecule has 0 aromatic heterocycles. The second kappa shape index (κ2) is 6.80. The molecule has 0 unspecified atom stereocenters. The van der Waals surface area contributed by atoms with E-state index in [1.54, 1.807) is 7.11 Å². The van der Waals surface area contributed by atoms with E-state index in [0.29, 0.717) is 11.5 Å². The van der Waals surface area contributed by atoms with Gasteiger partial charge >= 0.3 is 0 Å². The summed E-state index contributed by atoms with van der Waals surface area (Å²) in [6, 6.07) is 4.78. The summed E-state index contributed by atoms with van der Waals surface area (Å²) < 4.78 is 7.57.